The Balaban J connectivity index is 3.22. The number of aromatic amines is 1. The van der Waals surface area contributed by atoms with Gasteiger partial charge in [0.05, 0.1) is 0 Å². The van der Waals surface area contributed by atoms with E-state index in [-0.39, 0.29) is 11.5 Å². The van der Waals surface area contributed by atoms with Crippen LogP contribution in [0.25, 0.3) is 0 Å². The van der Waals surface area contributed by atoms with Crippen molar-refractivity contribution in [2.24, 2.45) is 7.05 Å². The maximum atomic E-state index is 10.8. The van der Waals surface area contributed by atoms with Crippen LogP contribution in [0, 0.1) is 0 Å². The third-order valence-electron chi connectivity index (χ3n) is 1.30. The molecule has 4 N–H and O–H groups in total. The first-order chi connectivity index (χ1) is 5.16. The summed E-state index contributed by atoms with van der Waals surface area (Å²) in [4.78, 5) is 20.8. The standard InChI is InChI=1S/C5H8N4O2/c1-9-4(7-2-10)3(6)5(11)8-9/h2H,6H2,1H3,(H,7,10)(H,8,11). The number of carbonyl (C=O) groups excluding carboxylic acids is 1. The van der Waals surface area contributed by atoms with Crippen molar-refractivity contribution in [2.45, 2.75) is 0 Å². The summed E-state index contributed by atoms with van der Waals surface area (Å²) in [7, 11) is 1.57. The molecule has 60 valence electrons. The second-order valence-electron chi connectivity index (χ2n) is 2.02. The molecule has 1 rings (SSSR count). The molecule has 0 saturated carbocycles. The average molecular weight is 156 g/mol. The molecule has 1 amide bonds. The minimum Gasteiger partial charge on any atom is -0.391 e. The van der Waals surface area contributed by atoms with Gasteiger partial charge >= 0.3 is 0 Å². The Labute approximate surface area is 62.0 Å². The maximum Gasteiger partial charge on any atom is 0.289 e. The summed E-state index contributed by atoms with van der Waals surface area (Å²) >= 11 is 0. The molecule has 1 aromatic rings. The predicted octanol–water partition coefficient (Wildman–Crippen LogP) is -1.14. The van der Waals surface area contributed by atoms with Crippen LogP contribution in [0.3, 0.4) is 0 Å². The van der Waals surface area contributed by atoms with Crippen LogP contribution in [-0.4, -0.2) is 16.2 Å². The molecule has 0 saturated heterocycles. The van der Waals surface area contributed by atoms with Crippen LogP contribution in [0.4, 0.5) is 11.5 Å². The Kier molecular flexibility index (Phi) is 1.67. The van der Waals surface area contributed by atoms with Crippen LogP contribution in [0.15, 0.2) is 4.79 Å². The van der Waals surface area contributed by atoms with Gasteiger partial charge in [-0.2, -0.15) is 0 Å². The zero-order valence-electron chi connectivity index (χ0n) is 5.92. The van der Waals surface area contributed by atoms with Crippen LogP contribution in [0.2, 0.25) is 0 Å². The number of hydrogen-bond donors (Lipinski definition) is 3. The van der Waals surface area contributed by atoms with E-state index >= 15 is 0 Å². The number of nitrogens with one attached hydrogen (secondary N) is 2. The lowest BCUT2D eigenvalue weighted by Gasteiger charge is -1.98. The molecule has 0 aromatic carbocycles. The second-order valence-corrected chi connectivity index (χ2v) is 2.02. The Bertz CT molecular complexity index is 324. The lowest BCUT2D eigenvalue weighted by atomic mass is 10.5. The van der Waals surface area contributed by atoms with Gasteiger partial charge in [-0.1, -0.05) is 0 Å². The van der Waals surface area contributed by atoms with Crippen LogP contribution >= 0.6 is 0 Å². The summed E-state index contributed by atoms with van der Waals surface area (Å²) in [6.07, 6.45) is 0.457. The van der Waals surface area contributed by atoms with Gasteiger partial charge in [0, 0.05) is 7.05 Å². The molecule has 0 fully saturated rings. The summed E-state index contributed by atoms with van der Waals surface area (Å²) in [5.41, 5.74) is 4.91. The normalized spacial score (nSPS) is 9.55. The molecule has 11 heavy (non-hydrogen) atoms. The van der Waals surface area contributed by atoms with E-state index in [1.807, 2.05) is 0 Å². The highest BCUT2D eigenvalue weighted by Gasteiger charge is 2.06. The topological polar surface area (TPSA) is 92.9 Å². The minimum atomic E-state index is -0.406. The van der Waals surface area contributed by atoms with Crippen LogP contribution in [-0.2, 0) is 11.8 Å². The van der Waals surface area contributed by atoms with E-state index in [1.54, 1.807) is 7.05 Å². The lowest BCUT2D eigenvalue weighted by molar-refractivity contribution is -0.105. The van der Waals surface area contributed by atoms with Gasteiger partial charge in [0.25, 0.3) is 5.56 Å². The number of anilines is 2. The van der Waals surface area contributed by atoms with Crippen molar-refractivity contribution in [2.75, 3.05) is 11.1 Å². The van der Waals surface area contributed by atoms with Gasteiger partial charge in [0.2, 0.25) is 6.41 Å². The van der Waals surface area contributed by atoms with E-state index in [1.165, 1.54) is 4.68 Å². The van der Waals surface area contributed by atoms with Crippen molar-refractivity contribution in [3.05, 3.63) is 10.4 Å². The molecule has 6 nitrogen and oxygen atoms in total. The van der Waals surface area contributed by atoms with Gasteiger partial charge in [-0.15, -0.1) is 0 Å². The third-order valence-corrected chi connectivity index (χ3v) is 1.30. The van der Waals surface area contributed by atoms with Crippen molar-refractivity contribution in [1.29, 1.82) is 0 Å². The molecule has 0 radical (unpaired) electrons. The number of amides is 1. The number of aryl methyl sites for hydroxylation is 1. The summed E-state index contributed by atoms with van der Waals surface area (Å²) in [6.45, 7) is 0. The largest absolute Gasteiger partial charge is 0.391 e. The maximum absolute atomic E-state index is 10.8. The zero-order chi connectivity index (χ0) is 8.43. The highest BCUT2D eigenvalue weighted by molar-refractivity contribution is 5.76. The molecular weight excluding hydrogens is 148 g/mol. The number of hydrogen-bond acceptors (Lipinski definition) is 3. The van der Waals surface area contributed by atoms with Gasteiger partial charge in [-0.25, -0.2) is 0 Å². The molecule has 0 aliphatic rings. The Hall–Kier alpha value is -1.72. The monoisotopic (exact) mass is 156 g/mol. The molecule has 0 atom stereocenters. The third kappa shape index (κ3) is 1.09. The fourth-order valence-electron chi connectivity index (χ4n) is 0.787. The molecule has 0 unspecified atom stereocenters. The van der Waals surface area contributed by atoms with Crippen LogP contribution in [0.1, 0.15) is 0 Å². The number of aromatic nitrogens is 2. The zero-order valence-corrected chi connectivity index (χ0v) is 5.92. The first-order valence-corrected chi connectivity index (χ1v) is 2.91. The van der Waals surface area contributed by atoms with E-state index in [9.17, 15) is 9.59 Å². The SMILES string of the molecule is Cn1[nH]c(=O)c(N)c1NC=O. The highest BCUT2D eigenvalue weighted by atomic mass is 16.1. The number of nitrogens with two attached hydrogens (primary N) is 1. The lowest BCUT2D eigenvalue weighted by Crippen LogP contribution is -2.06. The number of nitrogen functional groups attached to an aromatic ring is 1. The number of nitrogens with zero attached hydrogens (tertiary/aromatic N) is 1. The van der Waals surface area contributed by atoms with Crippen molar-refractivity contribution in [3.63, 3.8) is 0 Å². The predicted molar refractivity (Wildman–Crippen MR) is 40.1 cm³/mol. The first-order valence-electron chi connectivity index (χ1n) is 2.91. The quantitative estimate of drug-likeness (QED) is 0.473. The summed E-state index contributed by atoms with van der Waals surface area (Å²) in [6, 6.07) is 0. The van der Waals surface area contributed by atoms with Crippen molar-refractivity contribution in [3.8, 4) is 0 Å². The molecule has 0 bridgehead atoms. The van der Waals surface area contributed by atoms with Gasteiger partial charge < -0.3 is 11.1 Å². The minimum absolute atomic E-state index is 0.0135. The van der Waals surface area contributed by atoms with Crippen molar-refractivity contribution < 1.29 is 4.79 Å². The average Bonchev–Trinajstić information content (AvgIpc) is 2.17. The van der Waals surface area contributed by atoms with Crippen molar-refractivity contribution in [1.82, 2.24) is 9.78 Å². The molecule has 0 spiro atoms. The Morgan fingerprint density at radius 3 is 2.73 bits per heavy atom. The van der Waals surface area contributed by atoms with E-state index in [2.05, 4.69) is 10.4 Å². The van der Waals surface area contributed by atoms with Crippen LogP contribution in [0.5, 0.6) is 0 Å². The van der Waals surface area contributed by atoms with Gasteiger partial charge in [0.1, 0.15) is 5.69 Å². The van der Waals surface area contributed by atoms with Crippen molar-refractivity contribution >= 4 is 17.9 Å². The van der Waals surface area contributed by atoms with Gasteiger partial charge in [-0.05, 0) is 0 Å². The second kappa shape index (κ2) is 2.49. The number of carbonyl (C=O) groups is 1. The molecule has 0 aliphatic heterocycles. The van der Waals surface area contributed by atoms with Gasteiger partial charge in [0.15, 0.2) is 5.82 Å². The molecular formula is C5H8N4O2. The summed E-state index contributed by atoms with van der Waals surface area (Å²) in [5.74, 6) is 0.282. The highest BCUT2D eigenvalue weighted by Crippen LogP contribution is 2.08. The summed E-state index contributed by atoms with van der Waals surface area (Å²) < 4.78 is 1.34. The smallest absolute Gasteiger partial charge is 0.289 e. The summed E-state index contributed by atoms with van der Waals surface area (Å²) in [5, 5.41) is 4.67. The number of H-pyrrole nitrogens is 1. The van der Waals surface area contributed by atoms with Gasteiger partial charge in [-0.3, -0.25) is 19.4 Å². The number of rotatable bonds is 2. The van der Waals surface area contributed by atoms with E-state index in [0.29, 0.717) is 6.41 Å². The van der Waals surface area contributed by atoms with E-state index in [0.717, 1.165) is 0 Å². The van der Waals surface area contributed by atoms with E-state index in [4.69, 9.17) is 5.73 Å². The first kappa shape index (κ1) is 7.39. The fourth-order valence-corrected chi connectivity index (χ4v) is 0.787. The molecule has 0 aliphatic carbocycles. The molecule has 1 aromatic heterocycles. The molecule has 1 heterocycles. The Morgan fingerprint density at radius 1 is 1.73 bits per heavy atom. The fraction of sp³-hybridized carbons (Fsp3) is 0.200. The van der Waals surface area contributed by atoms with E-state index < -0.39 is 5.56 Å². The molecule has 6 heteroatoms. The van der Waals surface area contributed by atoms with Crippen LogP contribution < -0.4 is 16.6 Å². The Morgan fingerprint density at radius 2 is 2.36 bits per heavy atom.